The molecule has 1 amide bonds. The molecule has 3 rings (SSSR count). The van der Waals surface area contributed by atoms with Gasteiger partial charge >= 0.3 is 5.97 Å². The highest BCUT2D eigenvalue weighted by molar-refractivity contribution is 5.95. The molecule has 0 radical (unpaired) electrons. The fourth-order valence-electron chi connectivity index (χ4n) is 2.54. The van der Waals surface area contributed by atoms with Crippen molar-refractivity contribution >= 4 is 29.1 Å². The maximum atomic E-state index is 12.1. The van der Waals surface area contributed by atoms with Crippen LogP contribution in [0, 0.1) is 10.1 Å². The number of carbonyl (C=O) groups excluding carboxylic acids is 2. The van der Waals surface area contributed by atoms with Crippen molar-refractivity contribution in [3.8, 4) is 0 Å². The number of nitrogens with zero attached hydrogens (tertiary/aromatic N) is 3. The molecule has 1 aliphatic rings. The van der Waals surface area contributed by atoms with Crippen LogP contribution in [0.25, 0.3) is 0 Å². The Kier molecular flexibility index (Phi) is 5.61. The lowest BCUT2D eigenvalue weighted by Gasteiger charge is -2.28. The van der Waals surface area contributed by atoms with Crippen LogP contribution in [0.4, 0.5) is 17.2 Å². The second-order valence-corrected chi connectivity index (χ2v) is 5.57. The molecule has 2 heterocycles. The van der Waals surface area contributed by atoms with Crippen molar-refractivity contribution in [2.45, 2.75) is 0 Å². The van der Waals surface area contributed by atoms with Crippen LogP contribution in [-0.2, 0) is 14.3 Å². The monoisotopic (exact) mass is 376 g/mol. The quantitative estimate of drug-likeness (QED) is 0.448. The molecule has 142 valence electrons. The van der Waals surface area contributed by atoms with E-state index in [2.05, 4.69) is 15.0 Å². The van der Waals surface area contributed by atoms with E-state index in [1.807, 2.05) is 4.90 Å². The van der Waals surface area contributed by atoms with Crippen molar-refractivity contribution in [3.05, 3.63) is 46.2 Å². The predicted molar refractivity (Wildman–Crippen MR) is 91.5 cm³/mol. The van der Waals surface area contributed by atoms with Crippen LogP contribution in [0.2, 0.25) is 0 Å². The highest BCUT2D eigenvalue weighted by Crippen LogP contribution is 2.30. The van der Waals surface area contributed by atoms with E-state index in [0.29, 0.717) is 32.0 Å². The molecule has 0 aliphatic carbocycles. The van der Waals surface area contributed by atoms with Gasteiger partial charge in [0, 0.05) is 25.2 Å². The Hall–Kier alpha value is -3.47. The first-order valence-electron chi connectivity index (χ1n) is 8.03. The molecule has 2 aromatic rings. The number of anilines is 2. The smallest absolute Gasteiger partial charge is 0.338 e. The van der Waals surface area contributed by atoms with Crippen molar-refractivity contribution in [2.75, 3.05) is 43.1 Å². The van der Waals surface area contributed by atoms with Crippen LogP contribution in [-0.4, -0.2) is 54.9 Å². The first kappa shape index (κ1) is 18.3. The van der Waals surface area contributed by atoms with Gasteiger partial charge in [-0.2, -0.15) is 0 Å². The van der Waals surface area contributed by atoms with Gasteiger partial charge in [0.2, 0.25) is 0 Å². The molecular weight excluding hydrogens is 360 g/mol. The van der Waals surface area contributed by atoms with E-state index in [1.54, 1.807) is 0 Å². The van der Waals surface area contributed by atoms with E-state index in [0.717, 1.165) is 6.07 Å². The summed E-state index contributed by atoms with van der Waals surface area (Å²) >= 11 is 0. The van der Waals surface area contributed by atoms with Gasteiger partial charge in [0.05, 0.1) is 23.7 Å². The Labute approximate surface area is 153 Å². The highest BCUT2D eigenvalue weighted by atomic mass is 16.6. The molecule has 27 heavy (non-hydrogen) atoms. The fourth-order valence-corrected chi connectivity index (χ4v) is 2.54. The number of esters is 1. The lowest BCUT2D eigenvalue weighted by molar-refractivity contribution is -0.384. The third kappa shape index (κ3) is 4.58. The van der Waals surface area contributed by atoms with Crippen molar-refractivity contribution in [1.82, 2.24) is 5.16 Å². The molecular formula is C16H16N4O7. The van der Waals surface area contributed by atoms with Gasteiger partial charge in [-0.05, 0) is 12.1 Å². The predicted octanol–water partition coefficient (Wildman–Crippen LogP) is 1.21. The summed E-state index contributed by atoms with van der Waals surface area (Å²) in [7, 11) is 0. The maximum Gasteiger partial charge on any atom is 0.338 e. The summed E-state index contributed by atoms with van der Waals surface area (Å²) in [6.45, 7) is 1.42. The molecule has 11 heteroatoms. The van der Waals surface area contributed by atoms with Crippen molar-refractivity contribution in [3.63, 3.8) is 0 Å². The van der Waals surface area contributed by atoms with Crippen molar-refractivity contribution in [1.29, 1.82) is 0 Å². The summed E-state index contributed by atoms with van der Waals surface area (Å²) in [5.74, 6) is -1.28. The van der Waals surface area contributed by atoms with E-state index in [1.165, 1.54) is 24.5 Å². The van der Waals surface area contributed by atoms with Crippen LogP contribution in [0.5, 0.6) is 0 Å². The highest BCUT2D eigenvalue weighted by Gasteiger charge is 2.24. The Morgan fingerprint density at radius 1 is 1.30 bits per heavy atom. The number of hydrogen-bond donors (Lipinski definition) is 1. The zero-order chi connectivity index (χ0) is 19.2. The Balaban J connectivity index is 1.66. The third-order valence-corrected chi connectivity index (χ3v) is 3.80. The second-order valence-electron chi connectivity index (χ2n) is 5.57. The molecule has 0 unspecified atom stereocenters. The molecule has 11 nitrogen and oxygen atoms in total. The molecule has 0 atom stereocenters. The van der Waals surface area contributed by atoms with Crippen LogP contribution in [0.1, 0.15) is 10.4 Å². The molecule has 1 aromatic carbocycles. The molecule has 1 aliphatic heterocycles. The molecule has 1 N–H and O–H groups in total. The number of morpholine rings is 1. The summed E-state index contributed by atoms with van der Waals surface area (Å²) in [5.41, 5.74) is 0.176. The number of amides is 1. The minimum atomic E-state index is -0.845. The van der Waals surface area contributed by atoms with Gasteiger partial charge in [-0.3, -0.25) is 14.9 Å². The van der Waals surface area contributed by atoms with Gasteiger partial charge in [-0.15, -0.1) is 0 Å². The molecule has 1 fully saturated rings. The number of nitro benzene ring substituents is 1. The molecule has 1 saturated heterocycles. The van der Waals surface area contributed by atoms with E-state index >= 15 is 0 Å². The summed E-state index contributed by atoms with van der Waals surface area (Å²) < 4.78 is 14.7. The van der Waals surface area contributed by atoms with Gasteiger partial charge in [0.1, 0.15) is 12.0 Å². The van der Waals surface area contributed by atoms with E-state index in [9.17, 15) is 19.7 Å². The first-order valence-corrected chi connectivity index (χ1v) is 8.03. The normalized spacial score (nSPS) is 13.9. The van der Waals surface area contributed by atoms with Crippen LogP contribution in [0.3, 0.4) is 0 Å². The van der Waals surface area contributed by atoms with Crippen LogP contribution in [0.15, 0.2) is 35.1 Å². The van der Waals surface area contributed by atoms with E-state index in [-0.39, 0.29) is 17.1 Å². The summed E-state index contributed by atoms with van der Waals surface area (Å²) in [5, 5.41) is 17.3. The van der Waals surface area contributed by atoms with E-state index < -0.39 is 23.4 Å². The van der Waals surface area contributed by atoms with Gasteiger partial charge in [0.15, 0.2) is 12.4 Å². The largest absolute Gasteiger partial charge is 0.452 e. The van der Waals surface area contributed by atoms with Gasteiger partial charge < -0.3 is 24.2 Å². The maximum absolute atomic E-state index is 12.1. The average molecular weight is 376 g/mol. The zero-order valence-electron chi connectivity index (χ0n) is 14.1. The number of ether oxygens (including phenoxy) is 2. The Bertz CT molecular complexity index is 831. The lowest BCUT2D eigenvalue weighted by atomic mass is 10.1. The number of hydrogen-bond acceptors (Lipinski definition) is 9. The minimum absolute atomic E-state index is 0.0204. The topological polar surface area (TPSA) is 137 Å². The summed E-state index contributed by atoms with van der Waals surface area (Å²) in [4.78, 5) is 36.5. The third-order valence-electron chi connectivity index (χ3n) is 3.80. The van der Waals surface area contributed by atoms with Crippen LogP contribution >= 0.6 is 0 Å². The zero-order valence-corrected chi connectivity index (χ0v) is 14.1. The number of carbonyl (C=O) groups is 2. The number of nitrogens with one attached hydrogen (secondary N) is 1. The number of benzene rings is 1. The fraction of sp³-hybridized carbons (Fsp3) is 0.312. The molecule has 0 spiro atoms. The van der Waals surface area contributed by atoms with Gasteiger partial charge in [0.25, 0.3) is 11.6 Å². The standard InChI is InChI=1S/C16H16N4O7/c21-15(17-14-3-6-27-18-14)10-26-16(22)11-1-2-12(13(9-11)20(23)24)19-4-7-25-8-5-19/h1-3,6,9H,4-5,7-8,10H2,(H,17,18,21). The Morgan fingerprint density at radius 2 is 2.07 bits per heavy atom. The summed E-state index contributed by atoms with van der Waals surface area (Å²) in [6.07, 6.45) is 1.27. The van der Waals surface area contributed by atoms with Gasteiger partial charge in [-0.25, -0.2) is 4.79 Å². The molecule has 1 aromatic heterocycles. The number of rotatable bonds is 6. The van der Waals surface area contributed by atoms with Crippen molar-refractivity contribution < 1.29 is 28.5 Å². The van der Waals surface area contributed by atoms with E-state index in [4.69, 9.17) is 9.47 Å². The Morgan fingerprint density at radius 3 is 2.74 bits per heavy atom. The average Bonchev–Trinajstić information content (AvgIpc) is 3.19. The number of nitro groups is 1. The first-order chi connectivity index (χ1) is 13.0. The summed E-state index contributed by atoms with van der Waals surface area (Å²) in [6, 6.07) is 5.49. The number of aromatic nitrogens is 1. The minimum Gasteiger partial charge on any atom is -0.452 e. The molecule has 0 bridgehead atoms. The van der Waals surface area contributed by atoms with Crippen LogP contribution < -0.4 is 10.2 Å². The van der Waals surface area contributed by atoms with Crippen molar-refractivity contribution in [2.24, 2.45) is 0 Å². The molecule has 0 saturated carbocycles. The van der Waals surface area contributed by atoms with Gasteiger partial charge in [-0.1, -0.05) is 5.16 Å². The lowest BCUT2D eigenvalue weighted by Crippen LogP contribution is -2.36. The SMILES string of the molecule is O=C(COC(=O)c1ccc(N2CCOCC2)c([N+](=O)[O-])c1)Nc1ccon1. The second kappa shape index (κ2) is 8.27.